The van der Waals surface area contributed by atoms with Gasteiger partial charge in [0.1, 0.15) is 6.61 Å². The Kier molecular flexibility index (Phi) is 3.51. The summed E-state index contributed by atoms with van der Waals surface area (Å²) in [6, 6.07) is 13.2. The molecule has 0 spiro atoms. The monoisotopic (exact) mass is 328 g/mol. The molecule has 2 aliphatic rings. The average molecular weight is 328 g/mol. The molecule has 1 amide bonds. The fraction of sp³-hybridized carbons (Fsp3) is 0.278. The maximum atomic E-state index is 14.3. The Morgan fingerprint density at radius 3 is 2.79 bits per heavy atom. The fourth-order valence-corrected chi connectivity index (χ4v) is 3.04. The van der Waals surface area contributed by atoms with Gasteiger partial charge in [-0.05, 0) is 35.2 Å². The number of carbonyl (C=O) groups is 1. The second-order valence-corrected chi connectivity index (χ2v) is 6.11. The molecule has 2 aliphatic heterocycles. The van der Waals surface area contributed by atoms with Crippen molar-refractivity contribution >= 4 is 5.91 Å². The van der Waals surface area contributed by atoms with Gasteiger partial charge in [0.25, 0.3) is 5.91 Å². The number of rotatable bonds is 5. The van der Waals surface area contributed by atoms with Crippen LogP contribution >= 0.6 is 0 Å². The van der Waals surface area contributed by atoms with Gasteiger partial charge in [0, 0.05) is 12.6 Å². The van der Waals surface area contributed by atoms with E-state index in [1.165, 1.54) is 11.6 Å². The highest BCUT2D eigenvalue weighted by atomic mass is 19.1. The Morgan fingerprint density at radius 1 is 1.38 bits per heavy atom. The van der Waals surface area contributed by atoms with Crippen molar-refractivity contribution in [2.24, 2.45) is 5.73 Å². The number of carbonyl (C=O) groups excluding carboxylic acids is 1. The predicted octanol–water partition coefficient (Wildman–Crippen LogP) is 1.80. The van der Waals surface area contributed by atoms with Crippen molar-refractivity contribution in [2.75, 3.05) is 6.61 Å². The zero-order valence-electron chi connectivity index (χ0n) is 12.9. The van der Waals surface area contributed by atoms with Crippen LogP contribution in [-0.4, -0.2) is 18.3 Å². The SMILES string of the molecule is NC(=O)C1(Oc2cc3c(cc2F)CNC3Cc2ccccc2)CO1. The number of hydrogen-bond acceptors (Lipinski definition) is 4. The lowest BCUT2D eigenvalue weighted by Gasteiger charge is -2.16. The lowest BCUT2D eigenvalue weighted by molar-refractivity contribution is -0.132. The largest absolute Gasteiger partial charge is 0.448 e. The first-order chi connectivity index (χ1) is 11.6. The number of primary amides is 1. The number of halogens is 1. The van der Waals surface area contributed by atoms with Gasteiger partial charge >= 0.3 is 5.79 Å². The third-order valence-electron chi connectivity index (χ3n) is 4.45. The Hall–Kier alpha value is -2.44. The number of ether oxygens (including phenoxy) is 2. The van der Waals surface area contributed by atoms with Crippen LogP contribution in [0.3, 0.4) is 0 Å². The van der Waals surface area contributed by atoms with Crippen LogP contribution in [0.15, 0.2) is 42.5 Å². The van der Waals surface area contributed by atoms with Crippen molar-refractivity contribution in [3.63, 3.8) is 0 Å². The summed E-state index contributed by atoms with van der Waals surface area (Å²) in [5, 5.41) is 3.38. The van der Waals surface area contributed by atoms with Crippen LogP contribution in [0.25, 0.3) is 0 Å². The topological polar surface area (TPSA) is 76.9 Å². The quantitative estimate of drug-likeness (QED) is 0.821. The summed E-state index contributed by atoms with van der Waals surface area (Å²) >= 11 is 0. The molecular formula is C18H17FN2O3. The summed E-state index contributed by atoms with van der Waals surface area (Å²) in [7, 11) is 0. The molecule has 2 aromatic carbocycles. The highest BCUT2D eigenvalue weighted by molar-refractivity contribution is 5.84. The third kappa shape index (κ3) is 2.64. The number of benzene rings is 2. The molecule has 5 nitrogen and oxygen atoms in total. The van der Waals surface area contributed by atoms with Crippen molar-refractivity contribution in [2.45, 2.75) is 24.8 Å². The van der Waals surface area contributed by atoms with Crippen molar-refractivity contribution in [1.82, 2.24) is 5.32 Å². The van der Waals surface area contributed by atoms with E-state index in [0.717, 1.165) is 17.5 Å². The van der Waals surface area contributed by atoms with Crippen molar-refractivity contribution in [3.05, 3.63) is 65.0 Å². The normalized spacial score (nSPS) is 24.5. The van der Waals surface area contributed by atoms with Gasteiger partial charge in [-0.1, -0.05) is 30.3 Å². The number of nitrogens with two attached hydrogens (primary N) is 1. The van der Waals surface area contributed by atoms with E-state index in [-0.39, 0.29) is 18.4 Å². The fourth-order valence-electron chi connectivity index (χ4n) is 3.04. The summed E-state index contributed by atoms with van der Waals surface area (Å²) in [5.74, 6) is -2.80. The highest BCUT2D eigenvalue weighted by Gasteiger charge is 2.55. The summed E-state index contributed by atoms with van der Waals surface area (Å²) in [4.78, 5) is 11.4. The van der Waals surface area contributed by atoms with Gasteiger partial charge in [-0.3, -0.25) is 4.79 Å². The second kappa shape index (κ2) is 5.58. The molecule has 0 aromatic heterocycles. The van der Waals surface area contributed by atoms with Crippen LogP contribution in [0, 0.1) is 5.82 Å². The van der Waals surface area contributed by atoms with Gasteiger partial charge in [-0.15, -0.1) is 0 Å². The van der Waals surface area contributed by atoms with Gasteiger partial charge < -0.3 is 20.5 Å². The smallest absolute Gasteiger partial charge is 0.315 e. The van der Waals surface area contributed by atoms with E-state index in [0.29, 0.717) is 6.54 Å². The van der Waals surface area contributed by atoms with Crippen LogP contribution in [0.5, 0.6) is 5.75 Å². The van der Waals surface area contributed by atoms with Crippen molar-refractivity contribution < 1.29 is 18.7 Å². The number of fused-ring (bicyclic) bond motifs is 1. The third-order valence-corrected chi connectivity index (χ3v) is 4.45. The summed E-state index contributed by atoms with van der Waals surface area (Å²) in [6.45, 7) is 0.645. The average Bonchev–Trinajstić information content (AvgIpc) is 3.27. The molecule has 24 heavy (non-hydrogen) atoms. The van der Waals surface area contributed by atoms with Gasteiger partial charge in [0.15, 0.2) is 11.6 Å². The minimum absolute atomic E-state index is 0.00758. The van der Waals surface area contributed by atoms with Crippen LogP contribution in [0.4, 0.5) is 4.39 Å². The molecule has 1 saturated heterocycles. The maximum Gasteiger partial charge on any atom is 0.315 e. The van der Waals surface area contributed by atoms with Gasteiger partial charge in [0.2, 0.25) is 0 Å². The van der Waals surface area contributed by atoms with Crippen LogP contribution < -0.4 is 15.8 Å². The molecule has 0 radical (unpaired) electrons. The van der Waals surface area contributed by atoms with E-state index in [2.05, 4.69) is 17.4 Å². The zero-order chi connectivity index (χ0) is 16.7. The molecule has 6 heteroatoms. The number of amides is 1. The van der Waals surface area contributed by atoms with Crippen molar-refractivity contribution in [3.8, 4) is 5.75 Å². The van der Waals surface area contributed by atoms with E-state index in [1.54, 1.807) is 6.07 Å². The standard InChI is InChI=1S/C18H17FN2O3/c19-14-7-12-9-21-15(6-11-4-2-1-3-5-11)13(12)8-16(14)24-18(10-23-18)17(20)22/h1-5,7-8,15,21H,6,9-10H2,(H2,20,22). The van der Waals surface area contributed by atoms with Gasteiger partial charge in [-0.2, -0.15) is 0 Å². The Morgan fingerprint density at radius 2 is 2.12 bits per heavy atom. The minimum atomic E-state index is -1.52. The maximum absolute atomic E-state index is 14.3. The van der Waals surface area contributed by atoms with Crippen LogP contribution in [0.1, 0.15) is 22.7 Å². The minimum Gasteiger partial charge on any atom is -0.448 e. The Bertz CT molecular complexity index is 790. The zero-order valence-corrected chi connectivity index (χ0v) is 12.9. The Labute approximate surface area is 138 Å². The van der Waals surface area contributed by atoms with Crippen LogP contribution in [-0.2, 0) is 22.5 Å². The summed E-state index contributed by atoms with van der Waals surface area (Å²) in [5.41, 5.74) is 8.30. The molecule has 0 bridgehead atoms. The lowest BCUT2D eigenvalue weighted by Crippen LogP contribution is -2.37. The molecule has 0 saturated carbocycles. The van der Waals surface area contributed by atoms with E-state index in [4.69, 9.17) is 15.2 Å². The molecule has 0 aliphatic carbocycles. The molecule has 2 heterocycles. The number of hydrogen-bond donors (Lipinski definition) is 2. The second-order valence-electron chi connectivity index (χ2n) is 6.11. The first-order valence-corrected chi connectivity index (χ1v) is 7.80. The summed E-state index contributed by atoms with van der Waals surface area (Å²) < 4.78 is 24.7. The molecule has 4 rings (SSSR count). The predicted molar refractivity (Wildman–Crippen MR) is 84.6 cm³/mol. The van der Waals surface area contributed by atoms with Gasteiger partial charge in [-0.25, -0.2) is 4.39 Å². The number of epoxide rings is 1. The van der Waals surface area contributed by atoms with E-state index < -0.39 is 17.5 Å². The van der Waals surface area contributed by atoms with Gasteiger partial charge in [0.05, 0.1) is 0 Å². The molecule has 3 N–H and O–H groups in total. The van der Waals surface area contributed by atoms with E-state index >= 15 is 0 Å². The van der Waals surface area contributed by atoms with E-state index in [1.807, 2.05) is 18.2 Å². The Balaban J connectivity index is 1.61. The molecule has 2 atom stereocenters. The molecular weight excluding hydrogens is 311 g/mol. The highest BCUT2D eigenvalue weighted by Crippen LogP contribution is 2.37. The molecule has 1 fully saturated rings. The molecule has 2 unspecified atom stereocenters. The molecule has 2 aromatic rings. The number of nitrogens with one attached hydrogen (secondary N) is 1. The van der Waals surface area contributed by atoms with Crippen LogP contribution in [0.2, 0.25) is 0 Å². The molecule has 124 valence electrons. The van der Waals surface area contributed by atoms with Crippen molar-refractivity contribution in [1.29, 1.82) is 0 Å². The van der Waals surface area contributed by atoms with E-state index in [9.17, 15) is 9.18 Å². The first-order valence-electron chi connectivity index (χ1n) is 7.80. The first kappa shape index (κ1) is 15.1. The summed E-state index contributed by atoms with van der Waals surface area (Å²) in [6.07, 6.45) is 0.788. The lowest BCUT2D eigenvalue weighted by atomic mass is 9.98.